The first kappa shape index (κ1) is 14.5. The molecule has 0 spiro atoms. The molecule has 4 nitrogen and oxygen atoms in total. The van der Waals surface area contributed by atoms with Crippen LogP contribution in [0.2, 0.25) is 0 Å². The molecule has 106 valence electrons. The normalized spacial score (nSPS) is 11.9. The largest absolute Gasteiger partial charge is 0.493 e. The highest BCUT2D eigenvalue weighted by Crippen LogP contribution is 2.33. The lowest BCUT2D eigenvalue weighted by Crippen LogP contribution is -1.99. The van der Waals surface area contributed by atoms with E-state index in [9.17, 15) is 0 Å². The minimum atomic E-state index is 0.0675. The second-order valence-corrected chi connectivity index (χ2v) is 5.21. The highest BCUT2D eigenvalue weighted by Gasteiger charge is 2.10. The van der Waals surface area contributed by atoms with Crippen molar-refractivity contribution in [2.24, 2.45) is 0 Å². The Morgan fingerprint density at radius 2 is 2.10 bits per heavy atom. The molecule has 0 aliphatic carbocycles. The Morgan fingerprint density at radius 1 is 1.30 bits per heavy atom. The molecule has 5 heteroatoms. The minimum absolute atomic E-state index is 0.0675. The second-order valence-electron chi connectivity index (χ2n) is 4.47. The van der Waals surface area contributed by atoms with E-state index in [-0.39, 0.29) is 5.38 Å². The molecule has 2 aromatic rings. The summed E-state index contributed by atoms with van der Waals surface area (Å²) in [4.78, 5) is 4.10. The van der Waals surface area contributed by atoms with Crippen LogP contribution in [0.3, 0.4) is 0 Å². The van der Waals surface area contributed by atoms with Crippen molar-refractivity contribution in [1.29, 1.82) is 0 Å². The van der Waals surface area contributed by atoms with E-state index in [1.807, 2.05) is 25.1 Å². The molecule has 0 saturated heterocycles. The summed E-state index contributed by atoms with van der Waals surface area (Å²) >= 11 is 6.00. The summed E-state index contributed by atoms with van der Waals surface area (Å²) in [5.41, 5.74) is 7.38. The predicted octanol–water partition coefficient (Wildman–Crippen LogP) is 3.63. The van der Waals surface area contributed by atoms with E-state index in [4.69, 9.17) is 26.8 Å². The van der Waals surface area contributed by atoms with Gasteiger partial charge in [0.05, 0.1) is 12.8 Å². The number of alkyl halides is 1. The first-order valence-corrected chi connectivity index (χ1v) is 6.73. The molecule has 0 radical (unpaired) electrons. The van der Waals surface area contributed by atoms with Gasteiger partial charge < -0.3 is 15.2 Å². The fraction of sp³-hybridized carbons (Fsp3) is 0.267. The highest BCUT2D eigenvalue weighted by atomic mass is 35.5. The van der Waals surface area contributed by atoms with Crippen LogP contribution in [0, 0.1) is 0 Å². The molecular weight excluding hydrogens is 276 g/mol. The smallest absolute Gasteiger partial charge is 0.242 e. The van der Waals surface area contributed by atoms with Crippen molar-refractivity contribution in [3.63, 3.8) is 0 Å². The Balaban J connectivity index is 2.26. The number of halogens is 1. The average Bonchev–Trinajstić information content (AvgIpc) is 2.42. The van der Waals surface area contributed by atoms with E-state index in [2.05, 4.69) is 4.98 Å². The first-order valence-electron chi connectivity index (χ1n) is 6.29. The van der Waals surface area contributed by atoms with Crippen molar-refractivity contribution in [2.45, 2.75) is 18.7 Å². The van der Waals surface area contributed by atoms with Gasteiger partial charge in [-0.05, 0) is 43.2 Å². The summed E-state index contributed by atoms with van der Waals surface area (Å²) in [5.74, 6) is 1.57. The summed E-state index contributed by atoms with van der Waals surface area (Å²) in [6.07, 6.45) is 2.39. The molecule has 0 bridgehead atoms. The molecule has 0 fully saturated rings. The summed E-state index contributed by atoms with van der Waals surface area (Å²) in [7, 11) is 1.60. The number of nitrogens with two attached hydrogens (primary N) is 1. The maximum absolute atomic E-state index is 6.00. The van der Waals surface area contributed by atoms with Crippen molar-refractivity contribution in [2.75, 3.05) is 12.8 Å². The van der Waals surface area contributed by atoms with Gasteiger partial charge in [0.1, 0.15) is 0 Å². The number of hydrogen-bond donors (Lipinski definition) is 1. The van der Waals surface area contributed by atoms with Gasteiger partial charge in [0.2, 0.25) is 5.88 Å². The van der Waals surface area contributed by atoms with E-state index >= 15 is 0 Å². The molecule has 1 heterocycles. The summed E-state index contributed by atoms with van der Waals surface area (Å²) in [6, 6.07) is 9.19. The van der Waals surface area contributed by atoms with Gasteiger partial charge in [-0.2, -0.15) is 0 Å². The molecule has 0 saturated carbocycles. The lowest BCUT2D eigenvalue weighted by Gasteiger charge is -2.12. The van der Waals surface area contributed by atoms with Crippen LogP contribution < -0.4 is 15.2 Å². The van der Waals surface area contributed by atoms with Crippen LogP contribution in [0.4, 0.5) is 5.69 Å². The number of methoxy groups -OCH3 is 1. The average molecular weight is 293 g/mol. The summed E-state index contributed by atoms with van der Waals surface area (Å²) in [5, 5.41) is 0.0675. The summed E-state index contributed by atoms with van der Waals surface area (Å²) < 4.78 is 11.0. The molecule has 0 amide bonds. The van der Waals surface area contributed by atoms with Gasteiger partial charge in [-0.15, -0.1) is 11.6 Å². The fourth-order valence-electron chi connectivity index (χ4n) is 1.84. The van der Waals surface area contributed by atoms with Gasteiger partial charge in [0, 0.05) is 11.6 Å². The van der Waals surface area contributed by atoms with Gasteiger partial charge in [-0.1, -0.05) is 6.07 Å². The Bertz CT molecular complexity index is 588. The highest BCUT2D eigenvalue weighted by molar-refractivity contribution is 6.20. The van der Waals surface area contributed by atoms with Crippen molar-refractivity contribution >= 4 is 17.3 Å². The Labute approximate surface area is 123 Å². The van der Waals surface area contributed by atoms with Crippen LogP contribution in [0.15, 0.2) is 36.5 Å². The quantitative estimate of drug-likeness (QED) is 0.855. The number of nitrogen functional groups attached to an aromatic ring is 1. The van der Waals surface area contributed by atoms with Gasteiger partial charge in [0.15, 0.2) is 11.5 Å². The number of benzene rings is 1. The van der Waals surface area contributed by atoms with Crippen LogP contribution in [0.5, 0.6) is 17.4 Å². The van der Waals surface area contributed by atoms with Crippen molar-refractivity contribution in [3.8, 4) is 17.4 Å². The molecule has 1 atom stereocenters. The third-order valence-corrected chi connectivity index (χ3v) is 2.91. The number of nitrogens with zero attached hydrogens (tertiary/aromatic N) is 1. The van der Waals surface area contributed by atoms with Gasteiger partial charge >= 0.3 is 0 Å². The number of rotatable bonds is 5. The maximum Gasteiger partial charge on any atom is 0.242 e. The minimum Gasteiger partial charge on any atom is -0.493 e. The lowest BCUT2D eigenvalue weighted by molar-refractivity contribution is 0.374. The number of anilines is 1. The van der Waals surface area contributed by atoms with Gasteiger partial charge in [-0.25, -0.2) is 4.98 Å². The van der Waals surface area contributed by atoms with Crippen molar-refractivity contribution < 1.29 is 9.47 Å². The van der Waals surface area contributed by atoms with E-state index in [0.29, 0.717) is 23.1 Å². The Hall–Kier alpha value is -1.94. The van der Waals surface area contributed by atoms with E-state index < -0.39 is 0 Å². The molecular formula is C15H17ClN2O2. The molecule has 1 aromatic carbocycles. The SMILES string of the molecule is COc1cc(CC(C)Cl)ccc1Oc1ncccc1N. The first-order chi connectivity index (χ1) is 9.60. The van der Waals surface area contributed by atoms with E-state index in [1.165, 1.54) is 0 Å². The molecule has 20 heavy (non-hydrogen) atoms. The zero-order chi connectivity index (χ0) is 14.5. The van der Waals surface area contributed by atoms with Crippen LogP contribution in [0.1, 0.15) is 12.5 Å². The molecule has 1 aromatic heterocycles. The monoisotopic (exact) mass is 292 g/mol. The number of pyridine rings is 1. The van der Waals surface area contributed by atoms with Crippen LogP contribution in [-0.2, 0) is 6.42 Å². The predicted molar refractivity (Wildman–Crippen MR) is 80.7 cm³/mol. The molecule has 0 aliphatic heterocycles. The number of ether oxygens (including phenoxy) is 2. The standard InChI is InChI=1S/C15H17ClN2O2/c1-10(16)8-11-5-6-13(14(9-11)19-2)20-15-12(17)4-3-7-18-15/h3-7,9-10H,8,17H2,1-2H3. The fourth-order valence-corrected chi connectivity index (χ4v) is 2.02. The van der Waals surface area contributed by atoms with E-state index in [1.54, 1.807) is 25.4 Å². The van der Waals surface area contributed by atoms with Gasteiger partial charge in [0.25, 0.3) is 0 Å². The zero-order valence-electron chi connectivity index (χ0n) is 11.5. The Morgan fingerprint density at radius 3 is 2.75 bits per heavy atom. The Kier molecular flexibility index (Phi) is 4.69. The lowest BCUT2D eigenvalue weighted by atomic mass is 10.1. The molecule has 0 aliphatic rings. The third-order valence-electron chi connectivity index (χ3n) is 2.75. The van der Waals surface area contributed by atoms with Crippen molar-refractivity contribution in [3.05, 3.63) is 42.1 Å². The van der Waals surface area contributed by atoms with Crippen molar-refractivity contribution in [1.82, 2.24) is 4.98 Å². The molecule has 2 rings (SSSR count). The molecule has 2 N–H and O–H groups in total. The van der Waals surface area contributed by atoms with E-state index in [0.717, 1.165) is 12.0 Å². The second kappa shape index (κ2) is 6.48. The maximum atomic E-state index is 6.00. The van der Waals surface area contributed by atoms with Crippen LogP contribution in [-0.4, -0.2) is 17.5 Å². The molecule has 1 unspecified atom stereocenters. The summed E-state index contributed by atoms with van der Waals surface area (Å²) in [6.45, 7) is 1.95. The number of hydrogen-bond acceptors (Lipinski definition) is 4. The topological polar surface area (TPSA) is 57.4 Å². The number of aromatic nitrogens is 1. The van der Waals surface area contributed by atoms with Gasteiger partial charge in [-0.3, -0.25) is 0 Å². The van der Waals surface area contributed by atoms with Crippen LogP contribution in [0.25, 0.3) is 0 Å². The van der Waals surface area contributed by atoms with Crippen LogP contribution >= 0.6 is 11.6 Å². The third kappa shape index (κ3) is 3.54. The zero-order valence-corrected chi connectivity index (χ0v) is 12.2.